The van der Waals surface area contributed by atoms with E-state index >= 15 is 0 Å². The highest BCUT2D eigenvalue weighted by Crippen LogP contribution is 2.38. The summed E-state index contributed by atoms with van der Waals surface area (Å²) in [5.74, 6) is -0.373. The van der Waals surface area contributed by atoms with E-state index in [0.29, 0.717) is 11.5 Å². The van der Waals surface area contributed by atoms with Gasteiger partial charge in [-0.25, -0.2) is 9.78 Å². The van der Waals surface area contributed by atoms with Gasteiger partial charge in [-0.2, -0.15) is 0 Å². The predicted molar refractivity (Wildman–Crippen MR) is 93.2 cm³/mol. The highest BCUT2D eigenvalue weighted by Gasteiger charge is 2.28. The molecule has 1 atom stereocenters. The number of methoxy groups -OCH3 is 1. The molecular formula is C19H24N2O3. The smallest absolute Gasteiger partial charge is 0.338 e. The lowest BCUT2D eigenvalue weighted by molar-refractivity contribution is 0.0697. The molecule has 2 aromatic rings. The number of aromatic nitrogens is 2. The summed E-state index contributed by atoms with van der Waals surface area (Å²) in [6, 6.07) is 3.87. The summed E-state index contributed by atoms with van der Waals surface area (Å²) >= 11 is 0. The van der Waals surface area contributed by atoms with Crippen molar-refractivity contribution in [2.24, 2.45) is 5.92 Å². The predicted octanol–water partition coefficient (Wildman–Crippen LogP) is 4.32. The molecule has 0 bridgehead atoms. The maximum Gasteiger partial charge on any atom is 0.338 e. The second kappa shape index (κ2) is 6.67. The lowest BCUT2D eigenvalue weighted by Crippen LogP contribution is -2.21. The van der Waals surface area contributed by atoms with Crippen LogP contribution in [0.5, 0.6) is 0 Å². The first-order chi connectivity index (χ1) is 11.5. The summed E-state index contributed by atoms with van der Waals surface area (Å²) in [5.41, 5.74) is 3.31. The molecule has 0 spiro atoms. The summed E-state index contributed by atoms with van der Waals surface area (Å²) in [7, 11) is 1.69. The highest BCUT2D eigenvalue weighted by atomic mass is 16.5. The normalized spacial score (nSPS) is 19.3. The van der Waals surface area contributed by atoms with Gasteiger partial charge in [-0.3, -0.25) is 0 Å². The first kappa shape index (κ1) is 16.6. The molecule has 128 valence electrons. The quantitative estimate of drug-likeness (QED) is 0.849. The van der Waals surface area contributed by atoms with Gasteiger partial charge in [0.1, 0.15) is 5.65 Å². The third-order valence-corrected chi connectivity index (χ3v) is 5.27. The Labute approximate surface area is 142 Å². The molecule has 0 aliphatic heterocycles. The summed E-state index contributed by atoms with van der Waals surface area (Å²) in [4.78, 5) is 16.2. The molecule has 0 aromatic carbocycles. The number of allylic oxidation sites excluding steroid dienone is 1. The van der Waals surface area contributed by atoms with Crippen LogP contribution in [0, 0.1) is 12.8 Å². The van der Waals surface area contributed by atoms with E-state index in [0.717, 1.165) is 42.4 Å². The SMILES string of the molecule is COC=C1CCC([C@@H](C)n2c(C)c(C(=O)O)c3cccnc32)CC1. The molecule has 0 saturated heterocycles. The van der Waals surface area contributed by atoms with Crippen molar-refractivity contribution < 1.29 is 14.6 Å². The Kier molecular flexibility index (Phi) is 4.60. The third-order valence-electron chi connectivity index (χ3n) is 5.27. The third kappa shape index (κ3) is 2.79. The number of hydrogen-bond acceptors (Lipinski definition) is 3. The van der Waals surface area contributed by atoms with Crippen LogP contribution in [-0.4, -0.2) is 27.7 Å². The number of carboxylic acids is 1. The average Bonchev–Trinajstić information content (AvgIpc) is 2.87. The Morgan fingerprint density at radius 2 is 2.17 bits per heavy atom. The second-order valence-corrected chi connectivity index (χ2v) is 6.60. The van der Waals surface area contributed by atoms with Crippen molar-refractivity contribution in [2.45, 2.75) is 45.6 Å². The van der Waals surface area contributed by atoms with Crippen LogP contribution >= 0.6 is 0 Å². The van der Waals surface area contributed by atoms with E-state index < -0.39 is 5.97 Å². The number of carbonyl (C=O) groups is 1. The summed E-state index contributed by atoms with van der Waals surface area (Å²) in [6.45, 7) is 4.07. The number of rotatable bonds is 4. The maximum absolute atomic E-state index is 11.7. The van der Waals surface area contributed by atoms with Gasteiger partial charge in [0.2, 0.25) is 0 Å². The molecule has 5 heteroatoms. The number of pyridine rings is 1. The number of ether oxygens (including phenoxy) is 1. The summed E-state index contributed by atoms with van der Waals surface area (Å²) in [5, 5.41) is 10.3. The minimum atomic E-state index is -0.884. The summed E-state index contributed by atoms with van der Waals surface area (Å²) < 4.78 is 7.25. The molecule has 1 aliphatic rings. The van der Waals surface area contributed by atoms with Crippen molar-refractivity contribution >= 4 is 17.0 Å². The lowest BCUT2D eigenvalue weighted by Gasteiger charge is -2.31. The second-order valence-electron chi connectivity index (χ2n) is 6.60. The van der Waals surface area contributed by atoms with Gasteiger partial charge in [0.05, 0.1) is 18.9 Å². The van der Waals surface area contributed by atoms with E-state index in [4.69, 9.17) is 4.74 Å². The highest BCUT2D eigenvalue weighted by molar-refractivity contribution is 6.04. The van der Waals surface area contributed by atoms with Crippen LogP contribution in [-0.2, 0) is 4.74 Å². The minimum absolute atomic E-state index is 0.222. The monoisotopic (exact) mass is 328 g/mol. The molecule has 1 fully saturated rings. The molecule has 5 nitrogen and oxygen atoms in total. The molecule has 24 heavy (non-hydrogen) atoms. The number of hydrogen-bond donors (Lipinski definition) is 1. The zero-order valence-electron chi connectivity index (χ0n) is 14.5. The van der Waals surface area contributed by atoms with Crippen molar-refractivity contribution in [3.05, 3.63) is 41.4 Å². The average molecular weight is 328 g/mol. The molecular weight excluding hydrogens is 304 g/mol. The van der Waals surface area contributed by atoms with Crippen LogP contribution < -0.4 is 0 Å². The van der Waals surface area contributed by atoms with Crippen LogP contribution in [0.25, 0.3) is 11.0 Å². The van der Waals surface area contributed by atoms with Crippen LogP contribution in [0.4, 0.5) is 0 Å². The molecule has 0 amide bonds. The molecule has 1 saturated carbocycles. The topological polar surface area (TPSA) is 64.3 Å². The zero-order valence-corrected chi connectivity index (χ0v) is 14.5. The minimum Gasteiger partial charge on any atom is -0.504 e. The van der Waals surface area contributed by atoms with Gasteiger partial charge in [-0.15, -0.1) is 0 Å². The van der Waals surface area contributed by atoms with Gasteiger partial charge >= 0.3 is 5.97 Å². The Balaban J connectivity index is 1.96. The number of nitrogens with zero attached hydrogens (tertiary/aromatic N) is 2. The molecule has 2 aromatic heterocycles. The van der Waals surface area contributed by atoms with Gasteiger partial charge in [0, 0.05) is 23.3 Å². The Morgan fingerprint density at radius 1 is 1.46 bits per heavy atom. The maximum atomic E-state index is 11.7. The Morgan fingerprint density at radius 3 is 2.79 bits per heavy atom. The van der Waals surface area contributed by atoms with Crippen LogP contribution in [0.15, 0.2) is 30.2 Å². The van der Waals surface area contributed by atoms with E-state index in [1.54, 1.807) is 19.4 Å². The molecule has 0 unspecified atom stereocenters. The van der Waals surface area contributed by atoms with Crippen LogP contribution in [0.2, 0.25) is 0 Å². The van der Waals surface area contributed by atoms with Crippen molar-refractivity contribution in [3.8, 4) is 0 Å². The number of carboxylic acid groups (broad SMARTS) is 1. The molecule has 2 heterocycles. The van der Waals surface area contributed by atoms with Gasteiger partial charge in [-0.1, -0.05) is 0 Å². The Hall–Kier alpha value is -2.30. The van der Waals surface area contributed by atoms with E-state index in [1.165, 1.54) is 5.57 Å². The van der Waals surface area contributed by atoms with E-state index in [9.17, 15) is 9.90 Å². The molecule has 1 aliphatic carbocycles. The standard InChI is InChI=1S/C19H24N2O3/c1-12(15-8-6-14(7-9-15)11-24-3)21-13(2)17(19(22)23)16-5-4-10-20-18(16)21/h4-5,10-12,15H,6-9H2,1-3H3,(H,22,23)/t12-,15?/m1/s1. The fourth-order valence-electron chi connectivity index (χ4n) is 4.02. The summed E-state index contributed by atoms with van der Waals surface area (Å²) in [6.07, 6.45) is 7.86. The first-order valence-electron chi connectivity index (χ1n) is 8.44. The van der Waals surface area contributed by atoms with Gasteiger partial charge in [0.15, 0.2) is 0 Å². The van der Waals surface area contributed by atoms with E-state index in [2.05, 4.69) is 16.5 Å². The number of aromatic carboxylic acids is 1. The van der Waals surface area contributed by atoms with Crippen molar-refractivity contribution in [1.29, 1.82) is 0 Å². The van der Waals surface area contributed by atoms with Gasteiger partial charge in [0.25, 0.3) is 0 Å². The van der Waals surface area contributed by atoms with Crippen LogP contribution in [0.3, 0.4) is 0 Å². The van der Waals surface area contributed by atoms with Crippen molar-refractivity contribution in [3.63, 3.8) is 0 Å². The Bertz CT molecular complexity index is 781. The molecule has 3 rings (SSSR count). The fourth-order valence-corrected chi connectivity index (χ4v) is 4.02. The first-order valence-corrected chi connectivity index (χ1v) is 8.44. The van der Waals surface area contributed by atoms with Crippen LogP contribution in [0.1, 0.15) is 54.7 Å². The van der Waals surface area contributed by atoms with Crippen molar-refractivity contribution in [2.75, 3.05) is 7.11 Å². The van der Waals surface area contributed by atoms with Gasteiger partial charge in [-0.05, 0) is 63.2 Å². The molecule has 0 radical (unpaired) electrons. The van der Waals surface area contributed by atoms with Gasteiger partial charge < -0.3 is 14.4 Å². The number of fused-ring (bicyclic) bond motifs is 1. The molecule has 1 N–H and O–H groups in total. The van der Waals surface area contributed by atoms with Crippen molar-refractivity contribution in [1.82, 2.24) is 9.55 Å². The largest absolute Gasteiger partial charge is 0.504 e. The zero-order chi connectivity index (χ0) is 17.3. The lowest BCUT2D eigenvalue weighted by atomic mass is 9.82. The fraction of sp³-hybridized carbons (Fsp3) is 0.474. The van der Waals surface area contributed by atoms with E-state index in [1.807, 2.05) is 19.3 Å². The van der Waals surface area contributed by atoms with E-state index in [-0.39, 0.29) is 6.04 Å².